The Hall–Kier alpha value is -2.11. The molecular formula is C19H19F2NO2. The molecule has 0 bridgehead atoms. The van der Waals surface area contributed by atoms with Crippen LogP contribution < -0.4 is 0 Å². The van der Waals surface area contributed by atoms with Gasteiger partial charge >= 0.3 is 0 Å². The van der Waals surface area contributed by atoms with Gasteiger partial charge in [0.15, 0.2) is 17.9 Å². The molecule has 0 radical (unpaired) electrons. The van der Waals surface area contributed by atoms with Crippen LogP contribution in [0.25, 0.3) is 11.3 Å². The van der Waals surface area contributed by atoms with Crippen molar-refractivity contribution >= 4 is 0 Å². The van der Waals surface area contributed by atoms with E-state index in [4.69, 9.17) is 9.47 Å². The molecule has 5 heteroatoms. The Bertz CT molecular complexity index is 708. The lowest BCUT2D eigenvalue weighted by molar-refractivity contribution is -0.197. The highest BCUT2D eigenvalue weighted by atomic mass is 19.2. The molecule has 0 spiro atoms. The molecule has 2 heterocycles. The van der Waals surface area contributed by atoms with Crippen LogP contribution in [0.1, 0.15) is 25.2 Å². The Morgan fingerprint density at radius 3 is 2.54 bits per heavy atom. The molecule has 3 nitrogen and oxygen atoms in total. The second-order valence-electron chi connectivity index (χ2n) is 5.70. The zero-order chi connectivity index (χ0) is 16.9. The number of ether oxygens (including phenoxy) is 2. The Labute approximate surface area is 139 Å². The topological polar surface area (TPSA) is 31.4 Å². The van der Waals surface area contributed by atoms with Crippen LogP contribution >= 0.6 is 0 Å². The largest absolute Gasteiger partial charge is 0.348 e. The molecule has 0 N–H and O–H groups in total. The first kappa shape index (κ1) is 16.7. The van der Waals surface area contributed by atoms with Gasteiger partial charge in [0.05, 0.1) is 18.9 Å². The first-order chi connectivity index (χ1) is 11.7. The second kappa shape index (κ2) is 7.64. The summed E-state index contributed by atoms with van der Waals surface area (Å²) >= 11 is 0. The number of hydrogen-bond acceptors (Lipinski definition) is 3. The van der Waals surface area contributed by atoms with E-state index in [1.807, 2.05) is 6.07 Å². The molecule has 24 heavy (non-hydrogen) atoms. The van der Waals surface area contributed by atoms with Crippen LogP contribution in [0.4, 0.5) is 8.78 Å². The van der Waals surface area contributed by atoms with E-state index in [2.05, 4.69) is 24.1 Å². The van der Waals surface area contributed by atoms with Crippen LogP contribution in [0.3, 0.4) is 0 Å². The van der Waals surface area contributed by atoms with Gasteiger partial charge in [0.1, 0.15) is 0 Å². The molecule has 0 atom stereocenters. The number of hydrogen-bond donors (Lipinski definition) is 0. The lowest BCUT2D eigenvalue weighted by Gasteiger charge is -2.28. The summed E-state index contributed by atoms with van der Waals surface area (Å²) in [6.07, 6.45) is 6.41. The van der Waals surface area contributed by atoms with Crippen molar-refractivity contribution < 1.29 is 18.3 Å². The van der Waals surface area contributed by atoms with Crippen LogP contribution in [0.2, 0.25) is 0 Å². The predicted molar refractivity (Wildman–Crippen MR) is 87.2 cm³/mol. The van der Waals surface area contributed by atoms with E-state index >= 15 is 0 Å². The maximum Gasteiger partial charge on any atom is 0.185 e. The molecule has 1 aliphatic heterocycles. The van der Waals surface area contributed by atoms with Gasteiger partial charge in [-0.2, -0.15) is 0 Å². The SMILES string of the molecule is CC/C=C/[C@H]1CO[C@H](c2ccc(-c3ccc(F)c(F)c3)nc2)OC1. The van der Waals surface area contributed by atoms with Gasteiger partial charge in [0.2, 0.25) is 0 Å². The minimum Gasteiger partial charge on any atom is -0.348 e. The predicted octanol–water partition coefficient (Wildman–Crippen LogP) is 4.65. The molecule has 1 aromatic carbocycles. The minimum atomic E-state index is -0.886. The molecule has 0 unspecified atom stereocenters. The summed E-state index contributed by atoms with van der Waals surface area (Å²) < 4.78 is 37.8. The Morgan fingerprint density at radius 2 is 1.92 bits per heavy atom. The fraction of sp³-hybridized carbons (Fsp3) is 0.316. The number of allylic oxidation sites excluding steroid dienone is 1. The first-order valence-electron chi connectivity index (χ1n) is 7.98. The van der Waals surface area contributed by atoms with E-state index in [-0.39, 0.29) is 5.92 Å². The van der Waals surface area contributed by atoms with Crippen molar-refractivity contribution in [1.29, 1.82) is 0 Å². The Kier molecular flexibility index (Phi) is 5.33. The van der Waals surface area contributed by atoms with Gasteiger partial charge in [-0.15, -0.1) is 0 Å². The maximum absolute atomic E-state index is 13.3. The normalized spacial score (nSPS) is 21.3. The third-order valence-corrected chi connectivity index (χ3v) is 3.84. The molecule has 0 amide bonds. The Balaban J connectivity index is 1.67. The molecule has 0 aliphatic carbocycles. The molecule has 1 fully saturated rings. The summed E-state index contributed by atoms with van der Waals surface area (Å²) in [5.41, 5.74) is 1.90. The van der Waals surface area contributed by atoms with Crippen molar-refractivity contribution in [2.45, 2.75) is 19.6 Å². The van der Waals surface area contributed by atoms with Gasteiger partial charge in [0.25, 0.3) is 0 Å². The molecule has 1 aliphatic rings. The minimum absolute atomic E-state index is 0.274. The zero-order valence-corrected chi connectivity index (χ0v) is 13.4. The summed E-state index contributed by atoms with van der Waals surface area (Å²) in [5, 5.41) is 0. The summed E-state index contributed by atoms with van der Waals surface area (Å²) in [7, 11) is 0. The van der Waals surface area contributed by atoms with E-state index < -0.39 is 17.9 Å². The van der Waals surface area contributed by atoms with E-state index in [9.17, 15) is 8.78 Å². The smallest absolute Gasteiger partial charge is 0.185 e. The lowest BCUT2D eigenvalue weighted by Crippen LogP contribution is -2.25. The fourth-order valence-electron chi connectivity index (χ4n) is 2.52. The summed E-state index contributed by atoms with van der Waals surface area (Å²) in [4.78, 5) is 4.30. The van der Waals surface area contributed by atoms with Gasteiger partial charge in [-0.25, -0.2) is 8.78 Å². The molecule has 1 aromatic heterocycles. The van der Waals surface area contributed by atoms with Crippen molar-refractivity contribution in [3.05, 3.63) is 65.9 Å². The first-order valence-corrected chi connectivity index (χ1v) is 7.98. The Morgan fingerprint density at radius 1 is 1.12 bits per heavy atom. The summed E-state index contributed by atoms with van der Waals surface area (Å²) in [6.45, 7) is 3.29. The number of rotatable bonds is 4. The number of pyridine rings is 1. The van der Waals surface area contributed by atoms with Gasteiger partial charge in [-0.3, -0.25) is 4.98 Å². The van der Waals surface area contributed by atoms with Gasteiger partial charge < -0.3 is 9.47 Å². The van der Waals surface area contributed by atoms with Gasteiger partial charge in [-0.1, -0.05) is 25.1 Å². The highest BCUT2D eigenvalue weighted by Gasteiger charge is 2.22. The van der Waals surface area contributed by atoms with Crippen molar-refractivity contribution in [2.24, 2.45) is 5.92 Å². The van der Waals surface area contributed by atoms with Crippen molar-refractivity contribution in [2.75, 3.05) is 13.2 Å². The molecule has 0 saturated carbocycles. The summed E-state index contributed by atoms with van der Waals surface area (Å²) in [6, 6.07) is 7.31. The van der Waals surface area contributed by atoms with E-state index in [1.165, 1.54) is 6.07 Å². The van der Waals surface area contributed by atoms with Crippen molar-refractivity contribution in [1.82, 2.24) is 4.98 Å². The van der Waals surface area contributed by atoms with E-state index in [1.54, 1.807) is 12.3 Å². The average Bonchev–Trinajstić information content (AvgIpc) is 2.63. The van der Waals surface area contributed by atoms with Crippen LogP contribution in [0, 0.1) is 17.6 Å². The van der Waals surface area contributed by atoms with Gasteiger partial charge in [0, 0.05) is 23.2 Å². The van der Waals surface area contributed by atoms with Crippen LogP contribution in [-0.2, 0) is 9.47 Å². The number of aromatic nitrogens is 1. The van der Waals surface area contributed by atoms with E-state index in [0.29, 0.717) is 24.5 Å². The lowest BCUT2D eigenvalue weighted by atomic mass is 10.1. The maximum atomic E-state index is 13.3. The molecule has 3 rings (SSSR count). The molecule has 126 valence electrons. The van der Waals surface area contributed by atoms with Gasteiger partial charge in [-0.05, 0) is 30.7 Å². The third kappa shape index (κ3) is 3.86. The fourth-order valence-corrected chi connectivity index (χ4v) is 2.52. The van der Waals surface area contributed by atoms with Crippen LogP contribution in [-0.4, -0.2) is 18.2 Å². The third-order valence-electron chi connectivity index (χ3n) is 3.84. The van der Waals surface area contributed by atoms with E-state index in [0.717, 1.165) is 24.1 Å². The van der Waals surface area contributed by atoms with Crippen LogP contribution in [0.5, 0.6) is 0 Å². The molecule has 2 aromatic rings. The zero-order valence-electron chi connectivity index (χ0n) is 13.4. The number of benzene rings is 1. The monoisotopic (exact) mass is 331 g/mol. The van der Waals surface area contributed by atoms with Crippen molar-refractivity contribution in [3.8, 4) is 11.3 Å². The standard InChI is InChI=1S/C19H19F2NO2/c1-2-3-4-13-11-23-19(24-12-13)15-6-8-18(22-10-15)14-5-7-16(20)17(21)9-14/h3-10,13,19H,2,11-12H2,1H3/b4-3+/t13-,19-. The number of nitrogens with zero attached hydrogens (tertiary/aromatic N) is 1. The molecular weight excluding hydrogens is 312 g/mol. The number of halogens is 2. The average molecular weight is 331 g/mol. The summed E-state index contributed by atoms with van der Waals surface area (Å²) in [5.74, 6) is -1.48. The van der Waals surface area contributed by atoms with Crippen LogP contribution in [0.15, 0.2) is 48.7 Å². The quantitative estimate of drug-likeness (QED) is 0.764. The molecule has 1 saturated heterocycles. The highest BCUT2D eigenvalue weighted by molar-refractivity contribution is 5.59. The highest BCUT2D eigenvalue weighted by Crippen LogP contribution is 2.27. The van der Waals surface area contributed by atoms with Crippen molar-refractivity contribution in [3.63, 3.8) is 0 Å². The second-order valence-corrected chi connectivity index (χ2v) is 5.70.